The quantitative estimate of drug-likeness (QED) is 0.921. The number of carbonyl (C=O) groups is 1. The average Bonchev–Trinajstić information content (AvgIpc) is 2.21. The molecule has 0 aliphatic carbocycles. The number of hydrogen-bond acceptors (Lipinski definition) is 2. The predicted molar refractivity (Wildman–Crippen MR) is 59.2 cm³/mol. The molecule has 1 unspecified atom stereocenters. The molecule has 1 aromatic carbocycles. The van der Waals surface area contributed by atoms with Gasteiger partial charge in [-0.2, -0.15) is 13.2 Å². The minimum atomic E-state index is -4.82. The van der Waals surface area contributed by atoms with Crippen molar-refractivity contribution in [1.82, 2.24) is 0 Å². The molecule has 0 aromatic heterocycles. The first-order valence-corrected chi connectivity index (χ1v) is 5.36. The molecule has 100 valence electrons. The molecule has 1 aromatic rings. The molecule has 3 nitrogen and oxygen atoms in total. The van der Waals surface area contributed by atoms with E-state index in [4.69, 9.17) is 28.3 Å². The van der Waals surface area contributed by atoms with E-state index in [1.54, 1.807) is 0 Å². The van der Waals surface area contributed by atoms with Crippen molar-refractivity contribution in [2.75, 3.05) is 0 Å². The van der Waals surface area contributed by atoms with Crippen molar-refractivity contribution in [3.63, 3.8) is 0 Å². The third-order valence-electron chi connectivity index (χ3n) is 1.91. The van der Waals surface area contributed by atoms with E-state index in [1.165, 1.54) is 18.2 Å². The molecule has 1 N–H and O–H groups in total. The Bertz CT molecular complexity index is 448. The van der Waals surface area contributed by atoms with Crippen LogP contribution >= 0.6 is 23.2 Å². The van der Waals surface area contributed by atoms with Crippen LogP contribution in [0.3, 0.4) is 0 Å². The molecule has 0 aliphatic rings. The zero-order chi connectivity index (χ0) is 13.9. The van der Waals surface area contributed by atoms with Crippen LogP contribution in [-0.2, 0) is 4.79 Å². The van der Waals surface area contributed by atoms with Crippen molar-refractivity contribution >= 4 is 29.2 Å². The van der Waals surface area contributed by atoms with Crippen molar-refractivity contribution in [1.29, 1.82) is 0 Å². The van der Waals surface area contributed by atoms with Crippen LogP contribution in [0.5, 0.6) is 5.75 Å². The van der Waals surface area contributed by atoms with Crippen LogP contribution in [0, 0.1) is 0 Å². The summed E-state index contributed by atoms with van der Waals surface area (Å²) in [5.74, 6) is -1.94. The van der Waals surface area contributed by atoms with Gasteiger partial charge in [-0.05, 0) is 12.1 Å². The summed E-state index contributed by atoms with van der Waals surface area (Å²) >= 11 is 11.3. The first-order valence-electron chi connectivity index (χ1n) is 4.61. The van der Waals surface area contributed by atoms with Crippen LogP contribution in [0.2, 0.25) is 10.0 Å². The van der Waals surface area contributed by atoms with Gasteiger partial charge in [-0.1, -0.05) is 29.3 Å². The lowest BCUT2D eigenvalue weighted by atomic mass is 10.2. The third kappa shape index (κ3) is 3.96. The number of rotatable bonds is 4. The van der Waals surface area contributed by atoms with Gasteiger partial charge in [0, 0.05) is 0 Å². The Hall–Kier alpha value is -1.14. The van der Waals surface area contributed by atoms with E-state index in [2.05, 4.69) is 4.74 Å². The number of hydrogen-bond donors (Lipinski definition) is 1. The summed E-state index contributed by atoms with van der Waals surface area (Å²) in [6.07, 6.45) is -8.51. The van der Waals surface area contributed by atoms with Gasteiger partial charge < -0.3 is 9.84 Å². The molecule has 0 heterocycles. The standard InChI is InChI=1S/C10H7Cl2F3O3/c11-5-2-1-3-6(9(5)12)18-7(4-8(16)17)10(13,14)15/h1-3,7H,4H2,(H,16,17). The maximum Gasteiger partial charge on any atom is 0.426 e. The molecule has 0 fully saturated rings. The molecule has 18 heavy (non-hydrogen) atoms. The normalized spacial score (nSPS) is 13.2. The number of alkyl halides is 3. The maximum absolute atomic E-state index is 12.5. The molecule has 0 spiro atoms. The minimum Gasteiger partial charge on any atom is -0.481 e. The first-order chi connectivity index (χ1) is 8.21. The first kappa shape index (κ1) is 14.9. The summed E-state index contributed by atoms with van der Waals surface area (Å²) in [6, 6.07) is 3.89. The van der Waals surface area contributed by atoms with Gasteiger partial charge in [0.05, 0.1) is 11.4 Å². The molecule has 0 radical (unpaired) electrons. The van der Waals surface area contributed by atoms with E-state index in [0.717, 1.165) is 0 Å². The highest BCUT2D eigenvalue weighted by Gasteiger charge is 2.43. The SMILES string of the molecule is O=C(O)CC(Oc1cccc(Cl)c1Cl)C(F)(F)F. The zero-order valence-corrected chi connectivity index (χ0v) is 10.2. The van der Waals surface area contributed by atoms with Gasteiger partial charge in [-0.25, -0.2) is 0 Å². The minimum absolute atomic E-state index is 0.0189. The number of aliphatic carboxylic acids is 1. The predicted octanol–water partition coefficient (Wildman–Crippen LogP) is 3.78. The van der Waals surface area contributed by atoms with Gasteiger partial charge in [-0.3, -0.25) is 4.79 Å². The fourth-order valence-electron chi connectivity index (χ4n) is 1.11. The second kappa shape index (κ2) is 5.67. The second-order valence-corrected chi connectivity index (χ2v) is 4.08. The van der Waals surface area contributed by atoms with Crippen LogP contribution in [0.1, 0.15) is 6.42 Å². The van der Waals surface area contributed by atoms with E-state index in [0.29, 0.717) is 0 Å². The molecular formula is C10H7Cl2F3O3. The third-order valence-corrected chi connectivity index (χ3v) is 2.71. The molecule has 0 saturated heterocycles. The smallest absolute Gasteiger partial charge is 0.426 e. The number of carboxylic acid groups (broad SMARTS) is 1. The highest BCUT2D eigenvalue weighted by molar-refractivity contribution is 6.42. The maximum atomic E-state index is 12.5. The molecule has 1 rings (SSSR count). The Labute approximate surface area is 110 Å². The highest BCUT2D eigenvalue weighted by atomic mass is 35.5. The molecule has 0 aliphatic heterocycles. The van der Waals surface area contributed by atoms with Gasteiger partial charge in [0.25, 0.3) is 0 Å². The Morgan fingerprint density at radius 1 is 1.39 bits per heavy atom. The van der Waals surface area contributed by atoms with Gasteiger partial charge in [-0.15, -0.1) is 0 Å². The van der Waals surface area contributed by atoms with Crippen molar-refractivity contribution in [3.8, 4) is 5.75 Å². The van der Waals surface area contributed by atoms with Gasteiger partial charge in [0.2, 0.25) is 6.10 Å². The van der Waals surface area contributed by atoms with Crippen LogP contribution in [-0.4, -0.2) is 23.4 Å². The van der Waals surface area contributed by atoms with Crippen molar-refractivity contribution < 1.29 is 27.8 Å². The van der Waals surface area contributed by atoms with Crippen LogP contribution < -0.4 is 4.74 Å². The number of carboxylic acids is 1. The lowest BCUT2D eigenvalue weighted by molar-refractivity contribution is -0.200. The van der Waals surface area contributed by atoms with Crippen LogP contribution in [0.25, 0.3) is 0 Å². The molecule has 0 amide bonds. The highest BCUT2D eigenvalue weighted by Crippen LogP contribution is 2.35. The van der Waals surface area contributed by atoms with Gasteiger partial charge >= 0.3 is 12.1 Å². The summed E-state index contributed by atoms with van der Waals surface area (Å²) in [5, 5.41) is 8.23. The monoisotopic (exact) mass is 302 g/mol. The second-order valence-electron chi connectivity index (χ2n) is 3.30. The summed E-state index contributed by atoms with van der Waals surface area (Å²) < 4.78 is 42.2. The van der Waals surface area contributed by atoms with Crippen molar-refractivity contribution in [3.05, 3.63) is 28.2 Å². The molecule has 0 bridgehead atoms. The summed E-state index contributed by atoms with van der Waals surface area (Å²) in [7, 11) is 0. The van der Waals surface area contributed by atoms with Crippen LogP contribution in [0.15, 0.2) is 18.2 Å². The summed E-state index contributed by atoms with van der Waals surface area (Å²) in [5.41, 5.74) is 0. The number of benzene rings is 1. The van der Waals surface area contributed by atoms with E-state index in [-0.39, 0.29) is 15.8 Å². The number of ether oxygens (including phenoxy) is 1. The van der Waals surface area contributed by atoms with E-state index in [1.807, 2.05) is 0 Å². The largest absolute Gasteiger partial charge is 0.481 e. The zero-order valence-electron chi connectivity index (χ0n) is 8.67. The topological polar surface area (TPSA) is 46.5 Å². The summed E-state index contributed by atoms with van der Waals surface area (Å²) in [4.78, 5) is 10.4. The van der Waals surface area contributed by atoms with Crippen LogP contribution in [0.4, 0.5) is 13.2 Å². The fraction of sp³-hybridized carbons (Fsp3) is 0.300. The van der Waals surface area contributed by atoms with E-state index >= 15 is 0 Å². The van der Waals surface area contributed by atoms with E-state index in [9.17, 15) is 18.0 Å². The molecule has 1 atom stereocenters. The average molecular weight is 303 g/mol. The van der Waals surface area contributed by atoms with Gasteiger partial charge in [0.15, 0.2) is 0 Å². The molecule has 8 heteroatoms. The fourth-order valence-corrected chi connectivity index (χ4v) is 1.45. The lowest BCUT2D eigenvalue weighted by Gasteiger charge is -2.21. The Balaban J connectivity index is 2.96. The van der Waals surface area contributed by atoms with Gasteiger partial charge in [0.1, 0.15) is 10.8 Å². The van der Waals surface area contributed by atoms with Crippen molar-refractivity contribution in [2.24, 2.45) is 0 Å². The Morgan fingerprint density at radius 3 is 2.50 bits per heavy atom. The van der Waals surface area contributed by atoms with E-state index < -0.39 is 24.7 Å². The van der Waals surface area contributed by atoms with Crippen molar-refractivity contribution in [2.45, 2.75) is 18.7 Å². The number of halogens is 5. The molecule has 0 saturated carbocycles. The lowest BCUT2D eigenvalue weighted by Crippen LogP contribution is -2.36. The Morgan fingerprint density at radius 2 is 2.00 bits per heavy atom. The molecular weight excluding hydrogens is 296 g/mol. The summed E-state index contributed by atoms with van der Waals surface area (Å²) in [6.45, 7) is 0. The Kier molecular flexibility index (Phi) is 4.70.